The highest BCUT2D eigenvalue weighted by Gasteiger charge is 2.34. The lowest BCUT2D eigenvalue weighted by atomic mass is 9.81. The average molecular weight is 182 g/mol. The molecule has 0 radical (unpaired) electrons. The molecule has 2 rings (SSSR count). The van der Waals surface area contributed by atoms with Crippen LogP contribution in [0.5, 0.6) is 0 Å². The molecule has 13 heavy (non-hydrogen) atoms. The van der Waals surface area contributed by atoms with Gasteiger partial charge in [-0.2, -0.15) is 0 Å². The molecular formula is C11H22N2. The Morgan fingerprint density at radius 3 is 3.00 bits per heavy atom. The molecule has 2 nitrogen and oxygen atoms in total. The van der Waals surface area contributed by atoms with Crippen LogP contribution >= 0.6 is 0 Å². The molecule has 2 heteroatoms. The normalized spacial score (nSPS) is 40.6. The number of hydrogen-bond acceptors (Lipinski definition) is 2. The molecule has 0 aromatic rings. The lowest BCUT2D eigenvalue weighted by molar-refractivity contribution is 0.0442. The van der Waals surface area contributed by atoms with Crippen molar-refractivity contribution in [2.75, 3.05) is 26.2 Å². The Labute approximate surface area is 81.7 Å². The topological polar surface area (TPSA) is 15.3 Å². The first kappa shape index (κ1) is 9.47. The molecule has 0 amide bonds. The minimum Gasteiger partial charge on any atom is -0.316 e. The molecule has 0 aliphatic carbocycles. The fourth-order valence-electron chi connectivity index (χ4n) is 2.95. The van der Waals surface area contributed by atoms with E-state index in [4.69, 9.17) is 0 Å². The van der Waals surface area contributed by atoms with Crippen molar-refractivity contribution < 1.29 is 0 Å². The lowest BCUT2D eigenvalue weighted by Crippen LogP contribution is -2.55. The maximum Gasteiger partial charge on any atom is 0.0108 e. The number of fused-ring (bicyclic) bond motifs is 2. The molecule has 2 bridgehead atoms. The second kappa shape index (κ2) is 3.97. The van der Waals surface area contributed by atoms with Crippen LogP contribution < -0.4 is 5.32 Å². The van der Waals surface area contributed by atoms with Gasteiger partial charge in [-0.25, -0.2) is 0 Å². The largest absolute Gasteiger partial charge is 0.316 e. The lowest BCUT2D eigenvalue weighted by Gasteiger charge is -2.46. The van der Waals surface area contributed by atoms with Crippen molar-refractivity contribution in [3.8, 4) is 0 Å². The number of nitrogens with one attached hydrogen (secondary N) is 1. The van der Waals surface area contributed by atoms with Gasteiger partial charge in [0.2, 0.25) is 0 Å². The molecule has 0 aromatic heterocycles. The number of nitrogens with zero attached hydrogens (tertiary/aromatic N) is 1. The summed E-state index contributed by atoms with van der Waals surface area (Å²) >= 11 is 0. The summed E-state index contributed by atoms with van der Waals surface area (Å²) in [4.78, 5) is 2.69. The van der Waals surface area contributed by atoms with Gasteiger partial charge in [-0.05, 0) is 51.2 Å². The first-order chi connectivity index (χ1) is 6.31. The van der Waals surface area contributed by atoms with Crippen LogP contribution in [0.25, 0.3) is 0 Å². The smallest absolute Gasteiger partial charge is 0.0108 e. The average Bonchev–Trinajstić information content (AvgIpc) is 2.15. The molecule has 2 saturated heterocycles. The molecule has 2 fully saturated rings. The molecule has 0 aromatic carbocycles. The van der Waals surface area contributed by atoms with Gasteiger partial charge in [-0.15, -0.1) is 0 Å². The standard InChI is InChI=1S/C11H22N2/c1-3-4-13-8-10-5-11(9(13)2)7-12-6-10/h9-12H,3-8H2,1-2H3/t9-,10-,11+/m0/s1. The summed E-state index contributed by atoms with van der Waals surface area (Å²) in [6, 6.07) is 0.809. The third kappa shape index (κ3) is 1.89. The van der Waals surface area contributed by atoms with Crippen molar-refractivity contribution >= 4 is 0 Å². The number of rotatable bonds is 2. The highest BCUT2D eigenvalue weighted by Crippen LogP contribution is 2.29. The van der Waals surface area contributed by atoms with E-state index in [1.54, 1.807) is 0 Å². The van der Waals surface area contributed by atoms with E-state index in [1.807, 2.05) is 0 Å². The Kier molecular flexibility index (Phi) is 2.89. The van der Waals surface area contributed by atoms with E-state index >= 15 is 0 Å². The Morgan fingerprint density at radius 1 is 1.38 bits per heavy atom. The molecule has 0 saturated carbocycles. The Hall–Kier alpha value is -0.0800. The summed E-state index contributed by atoms with van der Waals surface area (Å²) in [5.41, 5.74) is 0. The van der Waals surface area contributed by atoms with Gasteiger partial charge in [-0.1, -0.05) is 6.92 Å². The number of piperidine rings is 2. The molecule has 0 spiro atoms. The quantitative estimate of drug-likeness (QED) is 0.693. The van der Waals surface area contributed by atoms with Crippen LogP contribution in [0.3, 0.4) is 0 Å². The van der Waals surface area contributed by atoms with Crippen molar-refractivity contribution in [2.45, 2.75) is 32.7 Å². The fraction of sp³-hybridized carbons (Fsp3) is 1.00. The SMILES string of the molecule is CCCN1C[C@@H]2CNC[C@@H](C2)[C@@H]1C. The second-order valence-corrected chi connectivity index (χ2v) is 4.76. The minimum absolute atomic E-state index is 0.809. The van der Waals surface area contributed by atoms with Gasteiger partial charge in [0.1, 0.15) is 0 Å². The molecule has 2 aliphatic rings. The summed E-state index contributed by atoms with van der Waals surface area (Å²) in [6.45, 7) is 9.83. The number of likely N-dealkylation sites (tertiary alicyclic amines) is 1. The van der Waals surface area contributed by atoms with E-state index in [0.29, 0.717) is 0 Å². The highest BCUT2D eigenvalue weighted by atomic mass is 15.2. The van der Waals surface area contributed by atoms with Gasteiger partial charge in [0.15, 0.2) is 0 Å². The van der Waals surface area contributed by atoms with E-state index in [-0.39, 0.29) is 0 Å². The van der Waals surface area contributed by atoms with Crippen LogP contribution in [0.15, 0.2) is 0 Å². The van der Waals surface area contributed by atoms with Crippen molar-refractivity contribution in [1.29, 1.82) is 0 Å². The third-order valence-electron chi connectivity index (χ3n) is 3.74. The van der Waals surface area contributed by atoms with Crippen LogP contribution in [0, 0.1) is 11.8 Å². The van der Waals surface area contributed by atoms with E-state index < -0.39 is 0 Å². The molecule has 3 atom stereocenters. The van der Waals surface area contributed by atoms with Crippen LogP contribution in [0.1, 0.15) is 26.7 Å². The Morgan fingerprint density at radius 2 is 2.23 bits per heavy atom. The van der Waals surface area contributed by atoms with E-state index in [2.05, 4.69) is 24.1 Å². The first-order valence-corrected chi connectivity index (χ1v) is 5.76. The van der Waals surface area contributed by atoms with Crippen LogP contribution in [-0.4, -0.2) is 37.1 Å². The Balaban J connectivity index is 1.98. The van der Waals surface area contributed by atoms with Crippen molar-refractivity contribution in [3.05, 3.63) is 0 Å². The summed E-state index contributed by atoms with van der Waals surface area (Å²) in [5, 5.41) is 3.55. The zero-order chi connectivity index (χ0) is 9.26. The molecule has 2 aliphatic heterocycles. The first-order valence-electron chi connectivity index (χ1n) is 5.76. The summed E-state index contributed by atoms with van der Waals surface area (Å²) < 4.78 is 0. The Bertz CT molecular complexity index is 169. The van der Waals surface area contributed by atoms with Gasteiger partial charge in [0.25, 0.3) is 0 Å². The zero-order valence-electron chi connectivity index (χ0n) is 8.92. The third-order valence-corrected chi connectivity index (χ3v) is 3.74. The van der Waals surface area contributed by atoms with E-state index in [0.717, 1.165) is 17.9 Å². The van der Waals surface area contributed by atoms with E-state index in [9.17, 15) is 0 Å². The summed E-state index contributed by atoms with van der Waals surface area (Å²) in [5.74, 6) is 1.85. The zero-order valence-corrected chi connectivity index (χ0v) is 8.92. The molecular weight excluding hydrogens is 160 g/mol. The second-order valence-electron chi connectivity index (χ2n) is 4.76. The predicted octanol–water partition coefficient (Wildman–Crippen LogP) is 1.33. The summed E-state index contributed by atoms with van der Waals surface area (Å²) in [6.07, 6.45) is 2.77. The van der Waals surface area contributed by atoms with Gasteiger partial charge >= 0.3 is 0 Å². The van der Waals surface area contributed by atoms with Crippen LogP contribution in [-0.2, 0) is 0 Å². The number of hydrogen-bond donors (Lipinski definition) is 1. The van der Waals surface area contributed by atoms with Gasteiger partial charge < -0.3 is 10.2 Å². The molecule has 0 unspecified atom stereocenters. The minimum atomic E-state index is 0.809. The van der Waals surface area contributed by atoms with Gasteiger partial charge in [-0.3, -0.25) is 0 Å². The summed E-state index contributed by atoms with van der Waals surface area (Å²) in [7, 11) is 0. The van der Waals surface area contributed by atoms with Crippen molar-refractivity contribution in [3.63, 3.8) is 0 Å². The monoisotopic (exact) mass is 182 g/mol. The molecule has 1 N–H and O–H groups in total. The van der Waals surface area contributed by atoms with Crippen molar-refractivity contribution in [2.24, 2.45) is 11.8 Å². The van der Waals surface area contributed by atoms with E-state index in [1.165, 1.54) is 39.0 Å². The molecule has 2 heterocycles. The molecule has 76 valence electrons. The maximum atomic E-state index is 3.55. The van der Waals surface area contributed by atoms with Gasteiger partial charge in [0.05, 0.1) is 0 Å². The highest BCUT2D eigenvalue weighted by molar-refractivity contribution is 4.90. The van der Waals surface area contributed by atoms with Crippen LogP contribution in [0.4, 0.5) is 0 Å². The van der Waals surface area contributed by atoms with Crippen molar-refractivity contribution in [1.82, 2.24) is 10.2 Å². The predicted molar refractivity (Wildman–Crippen MR) is 55.8 cm³/mol. The van der Waals surface area contributed by atoms with Crippen LogP contribution in [0.2, 0.25) is 0 Å². The maximum absolute atomic E-state index is 3.55. The van der Waals surface area contributed by atoms with Gasteiger partial charge in [0, 0.05) is 12.6 Å². The fourth-order valence-corrected chi connectivity index (χ4v) is 2.95.